The summed E-state index contributed by atoms with van der Waals surface area (Å²) in [5.74, 6) is -0.634. The highest BCUT2D eigenvalue weighted by Crippen LogP contribution is 2.29. The molecule has 0 heterocycles. The van der Waals surface area contributed by atoms with Gasteiger partial charge >= 0.3 is 6.03 Å². The molecule has 8 heteroatoms. The van der Waals surface area contributed by atoms with Crippen LogP contribution in [0.5, 0.6) is 0 Å². The van der Waals surface area contributed by atoms with E-state index in [1.807, 2.05) is 33.8 Å². The molecule has 0 radical (unpaired) electrons. The summed E-state index contributed by atoms with van der Waals surface area (Å²) in [7, 11) is 1.58. The summed E-state index contributed by atoms with van der Waals surface area (Å²) in [6.45, 7) is 7.96. The van der Waals surface area contributed by atoms with Gasteiger partial charge in [0.2, 0.25) is 0 Å². The van der Waals surface area contributed by atoms with Crippen LogP contribution < -0.4 is 11.1 Å². The van der Waals surface area contributed by atoms with E-state index in [9.17, 15) is 14.4 Å². The first-order valence-corrected chi connectivity index (χ1v) is 10.3. The number of carbonyl (C=O) groups is 3. The van der Waals surface area contributed by atoms with Crippen LogP contribution in [0, 0.1) is 5.41 Å². The number of hydrazine groups is 1. The molecule has 0 aliphatic rings. The Morgan fingerprint density at radius 3 is 2.07 bits per heavy atom. The van der Waals surface area contributed by atoms with Crippen LogP contribution in [0.4, 0.5) is 10.5 Å². The maximum absolute atomic E-state index is 13.4. The number of nitrogens with two attached hydrogens (primary N) is 1. The standard InChI is InChI=1S/C22H27BrN4O3/c1-14(22(2,3)4)27(20(29)17-8-6-7-9-18(17)23)26(5)19(28)15-10-12-16(13-11-15)25-21(24)30/h6-14H,1-5H3,(H3,24,25,30). The van der Waals surface area contributed by atoms with E-state index < -0.39 is 6.03 Å². The summed E-state index contributed by atoms with van der Waals surface area (Å²) in [5, 5.41) is 5.28. The van der Waals surface area contributed by atoms with Gasteiger partial charge in [-0.2, -0.15) is 0 Å². The van der Waals surface area contributed by atoms with Gasteiger partial charge in [-0.3, -0.25) is 9.59 Å². The van der Waals surface area contributed by atoms with E-state index in [1.54, 1.807) is 49.5 Å². The van der Waals surface area contributed by atoms with Gasteiger partial charge in [-0.15, -0.1) is 0 Å². The van der Waals surface area contributed by atoms with Gasteiger partial charge in [0.05, 0.1) is 11.6 Å². The molecule has 0 saturated carbocycles. The second-order valence-electron chi connectivity index (χ2n) is 8.07. The Labute approximate surface area is 185 Å². The minimum absolute atomic E-state index is 0.276. The van der Waals surface area contributed by atoms with E-state index in [1.165, 1.54) is 10.0 Å². The van der Waals surface area contributed by atoms with E-state index in [0.29, 0.717) is 21.3 Å². The predicted molar refractivity (Wildman–Crippen MR) is 121 cm³/mol. The SMILES string of the molecule is CC(N(C(=O)c1ccccc1Br)N(C)C(=O)c1ccc(NC(N)=O)cc1)C(C)(C)C. The number of carbonyl (C=O) groups excluding carboxylic acids is 3. The lowest BCUT2D eigenvalue weighted by molar-refractivity contribution is -0.0302. The van der Waals surface area contributed by atoms with Crippen LogP contribution in [0.1, 0.15) is 48.4 Å². The predicted octanol–water partition coefficient (Wildman–Crippen LogP) is 4.50. The Hall–Kier alpha value is -2.87. The summed E-state index contributed by atoms with van der Waals surface area (Å²) >= 11 is 3.43. The maximum Gasteiger partial charge on any atom is 0.316 e. The van der Waals surface area contributed by atoms with Crippen molar-refractivity contribution in [3.8, 4) is 0 Å². The molecule has 0 spiro atoms. The van der Waals surface area contributed by atoms with E-state index >= 15 is 0 Å². The monoisotopic (exact) mass is 474 g/mol. The Morgan fingerprint density at radius 1 is 1.00 bits per heavy atom. The summed E-state index contributed by atoms with van der Waals surface area (Å²) in [6.07, 6.45) is 0. The van der Waals surface area contributed by atoms with E-state index in [-0.39, 0.29) is 23.3 Å². The molecule has 2 aromatic rings. The van der Waals surface area contributed by atoms with Crippen molar-refractivity contribution in [1.29, 1.82) is 0 Å². The zero-order chi connectivity index (χ0) is 22.6. The normalized spacial score (nSPS) is 12.1. The molecule has 1 atom stereocenters. The zero-order valence-corrected chi connectivity index (χ0v) is 19.4. The number of amides is 4. The Balaban J connectivity index is 2.40. The van der Waals surface area contributed by atoms with Gasteiger partial charge in [0.15, 0.2) is 0 Å². The van der Waals surface area contributed by atoms with Crippen LogP contribution in [0.25, 0.3) is 0 Å². The van der Waals surface area contributed by atoms with Crippen molar-refractivity contribution in [3.63, 3.8) is 0 Å². The molecule has 3 N–H and O–H groups in total. The minimum Gasteiger partial charge on any atom is -0.351 e. The van der Waals surface area contributed by atoms with Crippen LogP contribution >= 0.6 is 15.9 Å². The fourth-order valence-electron chi connectivity index (χ4n) is 2.82. The molecule has 160 valence electrons. The number of nitrogens with one attached hydrogen (secondary N) is 1. The number of rotatable bonds is 4. The minimum atomic E-state index is -0.685. The Morgan fingerprint density at radius 2 is 1.57 bits per heavy atom. The van der Waals surface area contributed by atoms with Crippen molar-refractivity contribution < 1.29 is 14.4 Å². The average molecular weight is 475 g/mol. The smallest absolute Gasteiger partial charge is 0.316 e. The first-order valence-electron chi connectivity index (χ1n) is 9.46. The first-order chi connectivity index (χ1) is 13.9. The van der Waals surface area contributed by atoms with Gasteiger partial charge in [-0.1, -0.05) is 32.9 Å². The number of anilines is 1. The molecule has 1 unspecified atom stereocenters. The van der Waals surface area contributed by atoms with Crippen molar-refractivity contribution >= 4 is 39.5 Å². The summed E-state index contributed by atoms with van der Waals surface area (Å²) < 4.78 is 0.656. The van der Waals surface area contributed by atoms with Crippen molar-refractivity contribution in [3.05, 3.63) is 64.1 Å². The summed E-state index contributed by atoms with van der Waals surface area (Å²) in [5.41, 5.74) is 6.15. The van der Waals surface area contributed by atoms with Crippen molar-refractivity contribution in [2.24, 2.45) is 11.1 Å². The first kappa shape index (κ1) is 23.4. The average Bonchev–Trinajstić information content (AvgIpc) is 2.67. The third-order valence-electron chi connectivity index (χ3n) is 4.95. The number of hydrogen-bond donors (Lipinski definition) is 2. The molecule has 4 amide bonds. The van der Waals surface area contributed by atoms with Crippen LogP contribution in [0.2, 0.25) is 0 Å². The number of halogens is 1. The summed E-state index contributed by atoms with van der Waals surface area (Å²) in [6, 6.07) is 12.5. The maximum atomic E-state index is 13.4. The summed E-state index contributed by atoms with van der Waals surface area (Å²) in [4.78, 5) is 37.6. The zero-order valence-electron chi connectivity index (χ0n) is 17.8. The molecule has 0 aliphatic heterocycles. The lowest BCUT2D eigenvalue weighted by Crippen LogP contribution is -2.55. The van der Waals surface area contributed by atoms with Crippen LogP contribution in [-0.4, -0.2) is 41.0 Å². The molecular weight excluding hydrogens is 448 g/mol. The molecule has 0 aliphatic carbocycles. The van der Waals surface area contributed by atoms with Gasteiger partial charge in [0.25, 0.3) is 11.8 Å². The number of urea groups is 1. The van der Waals surface area contributed by atoms with Crippen molar-refractivity contribution in [2.75, 3.05) is 12.4 Å². The second kappa shape index (κ2) is 9.30. The van der Waals surface area contributed by atoms with Crippen molar-refractivity contribution in [2.45, 2.75) is 33.7 Å². The molecule has 0 saturated heterocycles. The highest BCUT2D eigenvalue weighted by molar-refractivity contribution is 9.10. The fraction of sp³-hybridized carbons (Fsp3) is 0.318. The van der Waals surface area contributed by atoms with E-state index in [4.69, 9.17) is 5.73 Å². The van der Waals surface area contributed by atoms with Gasteiger partial charge in [0.1, 0.15) is 0 Å². The molecule has 0 fully saturated rings. The number of benzene rings is 2. The largest absolute Gasteiger partial charge is 0.351 e. The second-order valence-corrected chi connectivity index (χ2v) is 8.92. The Bertz CT molecular complexity index is 938. The van der Waals surface area contributed by atoms with Crippen LogP contribution in [0.15, 0.2) is 53.0 Å². The molecule has 0 bridgehead atoms. The highest BCUT2D eigenvalue weighted by Gasteiger charge is 2.36. The third-order valence-corrected chi connectivity index (χ3v) is 5.64. The lowest BCUT2D eigenvalue weighted by Gasteiger charge is -2.42. The molecule has 2 rings (SSSR count). The van der Waals surface area contributed by atoms with Crippen LogP contribution in [0.3, 0.4) is 0 Å². The third kappa shape index (κ3) is 5.38. The molecule has 2 aromatic carbocycles. The molecule has 0 aromatic heterocycles. The molecule has 7 nitrogen and oxygen atoms in total. The van der Waals surface area contributed by atoms with Crippen LogP contribution in [-0.2, 0) is 0 Å². The van der Waals surface area contributed by atoms with Gasteiger partial charge in [0, 0.05) is 22.8 Å². The fourth-order valence-corrected chi connectivity index (χ4v) is 3.27. The molecule has 30 heavy (non-hydrogen) atoms. The van der Waals surface area contributed by atoms with Gasteiger partial charge in [-0.05, 0) is 64.7 Å². The Kier molecular flexibility index (Phi) is 7.25. The van der Waals surface area contributed by atoms with Gasteiger partial charge < -0.3 is 11.1 Å². The topological polar surface area (TPSA) is 95.7 Å². The number of nitrogens with zero attached hydrogens (tertiary/aromatic N) is 2. The van der Waals surface area contributed by atoms with Crippen molar-refractivity contribution in [1.82, 2.24) is 10.0 Å². The van der Waals surface area contributed by atoms with E-state index in [2.05, 4.69) is 21.2 Å². The van der Waals surface area contributed by atoms with E-state index in [0.717, 1.165) is 0 Å². The van der Waals surface area contributed by atoms with Gasteiger partial charge in [-0.25, -0.2) is 14.8 Å². The molecular formula is C22H27BrN4O3. The number of hydrogen-bond acceptors (Lipinski definition) is 3. The quantitative estimate of drug-likeness (QED) is 0.638. The lowest BCUT2D eigenvalue weighted by atomic mass is 9.87. The highest BCUT2D eigenvalue weighted by atomic mass is 79.9. The number of primary amides is 1.